The smallest absolute Gasteiger partial charge is 0.265 e. The molecule has 0 bridgehead atoms. The number of piperazine rings is 1. The van der Waals surface area contributed by atoms with Gasteiger partial charge >= 0.3 is 0 Å². The minimum Gasteiger partial charge on any atom is -0.478 e. The van der Waals surface area contributed by atoms with Crippen LogP contribution in [0.4, 0.5) is 5.69 Å². The van der Waals surface area contributed by atoms with Gasteiger partial charge in [-0.25, -0.2) is 0 Å². The largest absolute Gasteiger partial charge is 0.478 e. The fourth-order valence-electron chi connectivity index (χ4n) is 2.60. The van der Waals surface area contributed by atoms with Crippen molar-refractivity contribution in [3.63, 3.8) is 0 Å². The Morgan fingerprint density at radius 3 is 2.73 bits per heavy atom. The standard InChI is InChI=1S/C15H17N3O4/c1-10-14(20)16-12-4-2-3-11(13(12)22-10)15(21)18-7-5-17(9-19)6-8-18/h2-4,9-10H,5-8H2,1H3,(H,16,20). The van der Waals surface area contributed by atoms with Gasteiger partial charge in [0.15, 0.2) is 11.9 Å². The van der Waals surface area contributed by atoms with Crippen LogP contribution in [0.1, 0.15) is 17.3 Å². The predicted molar refractivity (Wildman–Crippen MR) is 78.7 cm³/mol. The Bertz CT molecular complexity index is 623. The second kappa shape index (κ2) is 5.67. The minimum atomic E-state index is -0.631. The Hall–Kier alpha value is -2.57. The van der Waals surface area contributed by atoms with Crippen molar-refractivity contribution in [1.29, 1.82) is 0 Å². The monoisotopic (exact) mass is 303 g/mol. The second-order valence-electron chi connectivity index (χ2n) is 5.37. The molecule has 0 spiro atoms. The number of hydrogen-bond acceptors (Lipinski definition) is 4. The Kier molecular flexibility index (Phi) is 3.70. The Labute approximate surface area is 127 Å². The van der Waals surface area contributed by atoms with Crippen LogP contribution in [0.3, 0.4) is 0 Å². The third-order valence-electron chi connectivity index (χ3n) is 3.92. The van der Waals surface area contributed by atoms with Crippen LogP contribution in [-0.4, -0.2) is 60.3 Å². The quantitative estimate of drug-likeness (QED) is 0.798. The lowest BCUT2D eigenvalue weighted by molar-refractivity contribution is -0.122. The van der Waals surface area contributed by atoms with Crippen LogP contribution in [0.5, 0.6) is 5.75 Å². The average molecular weight is 303 g/mol. The molecule has 2 aliphatic heterocycles. The molecule has 22 heavy (non-hydrogen) atoms. The number of carbonyl (C=O) groups excluding carboxylic acids is 3. The van der Waals surface area contributed by atoms with Crippen molar-refractivity contribution in [3.05, 3.63) is 23.8 Å². The van der Waals surface area contributed by atoms with Crippen LogP contribution < -0.4 is 10.1 Å². The molecule has 2 heterocycles. The summed E-state index contributed by atoms with van der Waals surface area (Å²) in [4.78, 5) is 38.4. The molecular formula is C15H17N3O4. The number of benzene rings is 1. The maximum Gasteiger partial charge on any atom is 0.265 e. The number of para-hydroxylation sites is 1. The van der Waals surface area contributed by atoms with Gasteiger partial charge < -0.3 is 19.9 Å². The summed E-state index contributed by atoms with van der Waals surface area (Å²) < 4.78 is 5.60. The van der Waals surface area contributed by atoms with Gasteiger partial charge in [0.05, 0.1) is 11.3 Å². The fraction of sp³-hybridized carbons (Fsp3) is 0.400. The van der Waals surface area contributed by atoms with Crippen molar-refractivity contribution in [2.45, 2.75) is 13.0 Å². The molecule has 1 saturated heterocycles. The van der Waals surface area contributed by atoms with E-state index in [9.17, 15) is 14.4 Å². The van der Waals surface area contributed by atoms with Crippen molar-refractivity contribution in [3.8, 4) is 5.75 Å². The third-order valence-corrected chi connectivity index (χ3v) is 3.92. The van der Waals surface area contributed by atoms with Gasteiger partial charge in [-0.15, -0.1) is 0 Å². The lowest BCUT2D eigenvalue weighted by Gasteiger charge is -2.33. The summed E-state index contributed by atoms with van der Waals surface area (Å²) in [6.07, 6.45) is 0.167. The first-order valence-corrected chi connectivity index (χ1v) is 7.19. The van der Waals surface area contributed by atoms with Crippen molar-refractivity contribution >= 4 is 23.9 Å². The summed E-state index contributed by atoms with van der Waals surface area (Å²) in [5.74, 6) is 0.0415. The highest BCUT2D eigenvalue weighted by molar-refractivity contribution is 6.04. The van der Waals surface area contributed by atoms with Crippen LogP contribution in [0.15, 0.2) is 18.2 Å². The number of amides is 3. The number of ether oxygens (including phenoxy) is 1. The first kappa shape index (κ1) is 14.4. The summed E-state index contributed by atoms with van der Waals surface area (Å²) in [5, 5.41) is 2.73. The van der Waals surface area contributed by atoms with Crippen LogP contribution in [0, 0.1) is 0 Å². The number of hydrogen-bond donors (Lipinski definition) is 1. The molecule has 2 aliphatic rings. The van der Waals surface area contributed by atoms with Gasteiger partial charge in [-0.3, -0.25) is 14.4 Å². The normalized spacial score (nSPS) is 20.8. The number of anilines is 1. The average Bonchev–Trinajstić information content (AvgIpc) is 2.55. The molecule has 1 N–H and O–H groups in total. The molecule has 3 amide bonds. The van der Waals surface area contributed by atoms with Gasteiger partial charge in [-0.2, -0.15) is 0 Å². The van der Waals surface area contributed by atoms with Crippen molar-refractivity contribution < 1.29 is 19.1 Å². The number of carbonyl (C=O) groups is 3. The van der Waals surface area contributed by atoms with E-state index in [0.29, 0.717) is 43.2 Å². The molecule has 7 nitrogen and oxygen atoms in total. The minimum absolute atomic E-state index is 0.147. The van der Waals surface area contributed by atoms with Gasteiger partial charge in [0, 0.05) is 26.2 Å². The molecule has 0 saturated carbocycles. The first-order valence-electron chi connectivity index (χ1n) is 7.19. The highest BCUT2D eigenvalue weighted by Gasteiger charge is 2.30. The van der Waals surface area contributed by atoms with E-state index in [0.717, 1.165) is 6.41 Å². The number of rotatable bonds is 2. The molecule has 0 aromatic heterocycles. The van der Waals surface area contributed by atoms with Gasteiger partial charge in [-0.1, -0.05) is 6.07 Å². The zero-order chi connectivity index (χ0) is 15.7. The van der Waals surface area contributed by atoms with Crippen LogP contribution in [0.2, 0.25) is 0 Å². The summed E-state index contributed by atoms with van der Waals surface area (Å²) in [6, 6.07) is 5.12. The van der Waals surface area contributed by atoms with Crippen molar-refractivity contribution in [2.24, 2.45) is 0 Å². The molecule has 1 aromatic rings. The summed E-state index contributed by atoms with van der Waals surface area (Å²) in [5.41, 5.74) is 0.949. The summed E-state index contributed by atoms with van der Waals surface area (Å²) in [7, 11) is 0. The highest BCUT2D eigenvalue weighted by atomic mass is 16.5. The molecule has 116 valence electrons. The lowest BCUT2D eigenvalue weighted by atomic mass is 10.1. The zero-order valence-corrected chi connectivity index (χ0v) is 12.2. The Morgan fingerprint density at radius 2 is 2.05 bits per heavy atom. The SMILES string of the molecule is CC1Oc2c(cccc2C(=O)N2CCN(C=O)CC2)NC1=O. The third kappa shape index (κ3) is 2.49. The predicted octanol–water partition coefficient (Wildman–Crippen LogP) is 0.320. The maximum absolute atomic E-state index is 12.7. The Morgan fingerprint density at radius 1 is 1.32 bits per heavy atom. The van der Waals surface area contributed by atoms with E-state index in [-0.39, 0.29) is 11.8 Å². The molecule has 1 unspecified atom stereocenters. The molecule has 3 rings (SSSR count). The highest BCUT2D eigenvalue weighted by Crippen LogP contribution is 2.34. The van der Waals surface area contributed by atoms with Crippen LogP contribution in [-0.2, 0) is 9.59 Å². The first-order chi connectivity index (χ1) is 10.6. The van der Waals surface area contributed by atoms with E-state index < -0.39 is 6.10 Å². The summed E-state index contributed by atoms with van der Waals surface area (Å²) >= 11 is 0. The Balaban J connectivity index is 1.83. The molecular weight excluding hydrogens is 286 g/mol. The van der Waals surface area contributed by atoms with Gasteiger partial charge in [0.2, 0.25) is 6.41 Å². The summed E-state index contributed by atoms with van der Waals surface area (Å²) in [6.45, 7) is 3.67. The number of fused-ring (bicyclic) bond motifs is 1. The van der Waals surface area contributed by atoms with Gasteiger partial charge in [0.1, 0.15) is 0 Å². The molecule has 0 aliphatic carbocycles. The van der Waals surface area contributed by atoms with E-state index in [1.807, 2.05) is 0 Å². The number of nitrogens with one attached hydrogen (secondary N) is 1. The van der Waals surface area contributed by atoms with E-state index in [4.69, 9.17) is 4.74 Å². The van der Waals surface area contributed by atoms with Crippen LogP contribution >= 0.6 is 0 Å². The fourth-order valence-corrected chi connectivity index (χ4v) is 2.60. The molecule has 1 fully saturated rings. The molecule has 0 radical (unpaired) electrons. The topological polar surface area (TPSA) is 79.0 Å². The van der Waals surface area contributed by atoms with Crippen molar-refractivity contribution in [2.75, 3.05) is 31.5 Å². The van der Waals surface area contributed by atoms with E-state index >= 15 is 0 Å². The zero-order valence-electron chi connectivity index (χ0n) is 12.2. The van der Waals surface area contributed by atoms with E-state index in [1.165, 1.54) is 0 Å². The van der Waals surface area contributed by atoms with E-state index in [1.54, 1.807) is 34.9 Å². The maximum atomic E-state index is 12.7. The number of nitrogens with zero attached hydrogens (tertiary/aromatic N) is 2. The van der Waals surface area contributed by atoms with Crippen molar-refractivity contribution in [1.82, 2.24) is 9.80 Å². The molecule has 1 atom stereocenters. The van der Waals surface area contributed by atoms with Crippen LogP contribution in [0.25, 0.3) is 0 Å². The van der Waals surface area contributed by atoms with Gasteiger partial charge in [-0.05, 0) is 19.1 Å². The van der Waals surface area contributed by atoms with E-state index in [2.05, 4.69) is 5.32 Å². The molecule has 1 aromatic carbocycles. The molecule has 7 heteroatoms. The second-order valence-corrected chi connectivity index (χ2v) is 5.37. The lowest BCUT2D eigenvalue weighted by Crippen LogP contribution is -2.48. The van der Waals surface area contributed by atoms with Gasteiger partial charge in [0.25, 0.3) is 11.8 Å².